The van der Waals surface area contributed by atoms with Crippen molar-refractivity contribution in [1.29, 1.82) is 0 Å². The van der Waals surface area contributed by atoms with E-state index in [0.717, 1.165) is 17.1 Å². The molecule has 0 unspecified atom stereocenters. The maximum atomic E-state index is 5.57. The number of benzene rings is 1. The fourth-order valence-electron chi connectivity index (χ4n) is 2.01. The zero-order valence-electron chi connectivity index (χ0n) is 11.3. The Morgan fingerprint density at radius 2 is 1.79 bits per heavy atom. The monoisotopic (exact) mass is 271 g/mol. The molecule has 19 heavy (non-hydrogen) atoms. The Kier molecular flexibility index (Phi) is 3.81. The average Bonchev–Trinajstić information content (AvgIpc) is 2.37. The van der Waals surface area contributed by atoms with Gasteiger partial charge in [-0.3, -0.25) is 0 Å². The molecule has 0 aliphatic carbocycles. The number of pyridine rings is 1. The number of hydrogen-bond donors (Lipinski definition) is 1. The summed E-state index contributed by atoms with van der Waals surface area (Å²) in [6, 6.07) is 10.2. The average molecular weight is 271 g/mol. The molecule has 0 amide bonds. The molecule has 0 aliphatic rings. The molecule has 0 bridgehead atoms. The van der Waals surface area contributed by atoms with Crippen LogP contribution in [0.25, 0.3) is 0 Å². The Hall–Kier alpha value is -1.94. The minimum Gasteiger partial charge on any atom is -0.389 e. The van der Waals surface area contributed by atoms with Gasteiger partial charge in [0.15, 0.2) is 0 Å². The Morgan fingerprint density at radius 3 is 2.26 bits per heavy atom. The lowest BCUT2D eigenvalue weighted by molar-refractivity contribution is 1.12. The van der Waals surface area contributed by atoms with Gasteiger partial charge >= 0.3 is 0 Å². The third kappa shape index (κ3) is 3.09. The number of aromatic nitrogens is 1. The van der Waals surface area contributed by atoms with Crippen LogP contribution in [0.1, 0.15) is 16.7 Å². The van der Waals surface area contributed by atoms with Crippen LogP contribution in [0.2, 0.25) is 0 Å². The van der Waals surface area contributed by atoms with Crippen molar-refractivity contribution in [2.75, 3.05) is 11.9 Å². The molecule has 0 fully saturated rings. The summed E-state index contributed by atoms with van der Waals surface area (Å²) in [5, 5.41) is 0. The van der Waals surface area contributed by atoms with E-state index in [1.165, 1.54) is 11.1 Å². The third-order valence-electron chi connectivity index (χ3n) is 2.97. The Morgan fingerprint density at radius 1 is 1.16 bits per heavy atom. The third-order valence-corrected chi connectivity index (χ3v) is 3.21. The molecule has 0 atom stereocenters. The van der Waals surface area contributed by atoms with Gasteiger partial charge in [0.05, 0.1) is 0 Å². The number of aryl methyl sites for hydroxylation is 2. The van der Waals surface area contributed by atoms with Crippen LogP contribution < -0.4 is 10.6 Å². The standard InChI is InChI=1S/C15H17N3S/c1-10-6-11(2)8-13(7-10)18(3)14-5-4-12(9-17-14)15(16)19/h4-9H,1-3H3,(H2,16,19). The fourth-order valence-corrected chi connectivity index (χ4v) is 2.13. The van der Waals surface area contributed by atoms with Gasteiger partial charge in [0.25, 0.3) is 0 Å². The highest BCUT2D eigenvalue weighted by Crippen LogP contribution is 2.24. The van der Waals surface area contributed by atoms with Gasteiger partial charge in [-0.25, -0.2) is 4.98 Å². The minimum atomic E-state index is 0.369. The number of nitrogens with zero attached hydrogens (tertiary/aromatic N) is 2. The van der Waals surface area contributed by atoms with Gasteiger partial charge in [-0.1, -0.05) is 18.3 Å². The molecular weight excluding hydrogens is 254 g/mol. The van der Waals surface area contributed by atoms with Gasteiger partial charge in [-0.15, -0.1) is 0 Å². The van der Waals surface area contributed by atoms with Crippen molar-refractivity contribution in [2.45, 2.75) is 13.8 Å². The van der Waals surface area contributed by atoms with E-state index in [4.69, 9.17) is 18.0 Å². The van der Waals surface area contributed by atoms with Gasteiger partial charge in [0.2, 0.25) is 0 Å². The molecule has 0 spiro atoms. The van der Waals surface area contributed by atoms with Gasteiger partial charge in [0.1, 0.15) is 10.8 Å². The fraction of sp³-hybridized carbons (Fsp3) is 0.200. The Bertz CT molecular complexity index is 585. The van der Waals surface area contributed by atoms with Gasteiger partial charge < -0.3 is 10.6 Å². The highest BCUT2D eigenvalue weighted by atomic mass is 32.1. The second-order valence-corrected chi connectivity index (χ2v) is 5.11. The normalized spacial score (nSPS) is 10.3. The lowest BCUT2D eigenvalue weighted by atomic mass is 10.1. The maximum absolute atomic E-state index is 5.57. The minimum absolute atomic E-state index is 0.369. The molecule has 0 saturated carbocycles. The van der Waals surface area contributed by atoms with E-state index in [9.17, 15) is 0 Å². The van der Waals surface area contributed by atoms with Crippen LogP contribution in [0.15, 0.2) is 36.5 Å². The number of nitrogens with two attached hydrogens (primary N) is 1. The second kappa shape index (κ2) is 5.36. The molecule has 0 aliphatic heterocycles. The lowest BCUT2D eigenvalue weighted by Gasteiger charge is -2.19. The zero-order chi connectivity index (χ0) is 14.0. The Balaban J connectivity index is 2.32. The quantitative estimate of drug-likeness (QED) is 0.871. The van der Waals surface area contributed by atoms with Gasteiger partial charge in [-0.2, -0.15) is 0 Å². The van der Waals surface area contributed by atoms with E-state index >= 15 is 0 Å². The number of rotatable bonds is 3. The molecule has 0 saturated heterocycles. The first-order valence-electron chi connectivity index (χ1n) is 6.05. The van der Waals surface area contributed by atoms with Crippen LogP contribution in [0.5, 0.6) is 0 Å². The highest BCUT2D eigenvalue weighted by molar-refractivity contribution is 7.80. The van der Waals surface area contributed by atoms with Crippen molar-refractivity contribution in [1.82, 2.24) is 4.98 Å². The first kappa shape index (κ1) is 13.5. The van der Waals surface area contributed by atoms with Crippen molar-refractivity contribution in [3.05, 3.63) is 53.2 Å². The predicted molar refractivity (Wildman–Crippen MR) is 84.1 cm³/mol. The van der Waals surface area contributed by atoms with E-state index < -0.39 is 0 Å². The van der Waals surface area contributed by atoms with Gasteiger partial charge in [0, 0.05) is 24.5 Å². The summed E-state index contributed by atoms with van der Waals surface area (Å²) in [6.45, 7) is 4.18. The number of anilines is 2. The van der Waals surface area contributed by atoms with E-state index in [1.807, 2.05) is 24.1 Å². The van der Waals surface area contributed by atoms with Crippen LogP contribution in [-0.4, -0.2) is 17.0 Å². The SMILES string of the molecule is Cc1cc(C)cc(N(C)c2ccc(C(N)=S)cn2)c1. The molecule has 2 rings (SSSR count). The molecule has 1 aromatic carbocycles. The van der Waals surface area contributed by atoms with Crippen LogP contribution >= 0.6 is 12.2 Å². The summed E-state index contributed by atoms with van der Waals surface area (Å²) in [4.78, 5) is 6.81. The molecular formula is C15H17N3S. The largest absolute Gasteiger partial charge is 0.389 e. The van der Waals surface area contributed by atoms with Crippen molar-refractivity contribution in [3.8, 4) is 0 Å². The van der Waals surface area contributed by atoms with E-state index in [-0.39, 0.29) is 0 Å². The summed E-state index contributed by atoms with van der Waals surface area (Å²) in [6.07, 6.45) is 1.71. The van der Waals surface area contributed by atoms with Crippen LogP contribution in [-0.2, 0) is 0 Å². The molecule has 4 heteroatoms. The van der Waals surface area contributed by atoms with E-state index in [2.05, 4.69) is 37.0 Å². The first-order valence-corrected chi connectivity index (χ1v) is 6.46. The topological polar surface area (TPSA) is 42.1 Å². The molecule has 3 nitrogen and oxygen atoms in total. The molecule has 1 heterocycles. The smallest absolute Gasteiger partial charge is 0.132 e. The van der Waals surface area contributed by atoms with Crippen molar-refractivity contribution in [2.24, 2.45) is 5.73 Å². The molecule has 2 aromatic rings. The predicted octanol–water partition coefficient (Wildman–Crippen LogP) is 3.10. The second-order valence-electron chi connectivity index (χ2n) is 4.67. The molecule has 0 radical (unpaired) electrons. The van der Waals surface area contributed by atoms with Gasteiger partial charge in [-0.05, 0) is 49.2 Å². The first-order chi connectivity index (χ1) is 8.97. The van der Waals surface area contributed by atoms with Crippen molar-refractivity contribution >= 4 is 28.7 Å². The highest BCUT2D eigenvalue weighted by Gasteiger charge is 2.07. The molecule has 1 aromatic heterocycles. The molecule has 2 N–H and O–H groups in total. The maximum Gasteiger partial charge on any atom is 0.132 e. The zero-order valence-corrected chi connectivity index (χ0v) is 12.2. The summed E-state index contributed by atoms with van der Waals surface area (Å²) in [7, 11) is 2.00. The number of thiocarbonyl (C=S) groups is 1. The summed E-state index contributed by atoms with van der Waals surface area (Å²) < 4.78 is 0. The lowest BCUT2D eigenvalue weighted by Crippen LogP contribution is -2.13. The Labute approximate surface area is 119 Å². The van der Waals surface area contributed by atoms with E-state index in [1.54, 1.807) is 6.20 Å². The summed E-state index contributed by atoms with van der Waals surface area (Å²) in [5.74, 6) is 0.866. The van der Waals surface area contributed by atoms with Crippen LogP contribution in [0.4, 0.5) is 11.5 Å². The molecule has 98 valence electrons. The summed E-state index contributed by atoms with van der Waals surface area (Å²) >= 11 is 4.92. The van der Waals surface area contributed by atoms with Crippen molar-refractivity contribution < 1.29 is 0 Å². The number of hydrogen-bond acceptors (Lipinski definition) is 3. The van der Waals surface area contributed by atoms with Crippen LogP contribution in [0.3, 0.4) is 0 Å². The van der Waals surface area contributed by atoms with Crippen molar-refractivity contribution in [3.63, 3.8) is 0 Å². The van der Waals surface area contributed by atoms with E-state index in [0.29, 0.717) is 4.99 Å². The summed E-state index contributed by atoms with van der Waals surface area (Å²) in [5.41, 5.74) is 9.95. The van der Waals surface area contributed by atoms with Crippen LogP contribution in [0, 0.1) is 13.8 Å².